The van der Waals surface area contributed by atoms with E-state index >= 15 is 0 Å². The number of nitrogens with zero attached hydrogens (tertiary/aromatic N) is 1. The predicted molar refractivity (Wildman–Crippen MR) is 65.8 cm³/mol. The van der Waals surface area contributed by atoms with Crippen LogP contribution in [0.25, 0.3) is 0 Å². The molecule has 0 saturated carbocycles. The molecule has 1 heterocycles. The Bertz CT molecular complexity index is 444. The maximum atomic E-state index is 14.0. The lowest BCUT2D eigenvalue weighted by atomic mass is 10.1. The second kappa shape index (κ2) is 5.04. The Morgan fingerprint density at radius 2 is 2.06 bits per heavy atom. The van der Waals surface area contributed by atoms with Crippen LogP contribution in [0.4, 0.5) is 4.39 Å². The van der Waals surface area contributed by atoms with Gasteiger partial charge in [-0.1, -0.05) is 15.9 Å². The molecule has 5 heteroatoms. The van der Waals surface area contributed by atoms with Crippen LogP contribution in [0.2, 0.25) is 0 Å². The fourth-order valence-electron chi connectivity index (χ4n) is 1.96. The van der Waals surface area contributed by atoms with E-state index in [4.69, 9.17) is 4.74 Å². The van der Waals surface area contributed by atoms with Crippen molar-refractivity contribution in [3.05, 3.63) is 28.0 Å². The second-order valence-corrected chi connectivity index (χ2v) is 4.88. The standard InChI is InChI=1S/C12H13BrFNO2/c1-17-10-7-8(13)6-9(11(10)14)12(16)15-4-2-3-5-15/h6-7H,2-5H2,1H3. The van der Waals surface area contributed by atoms with E-state index in [0.717, 1.165) is 12.8 Å². The number of likely N-dealkylation sites (tertiary alicyclic amines) is 1. The molecule has 1 fully saturated rings. The highest BCUT2D eigenvalue weighted by Crippen LogP contribution is 2.27. The molecule has 1 aromatic carbocycles. The van der Waals surface area contributed by atoms with Crippen molar-refractivity contribution < 1.29 is 13.9 Å². The summed E-state index contributed by atoms with van der Waals surface area (Å²) < 4.78 is 19.5. The Balaban J connectivity index is 2.36. The first-order chi connectivity index (χ1) is 8.13. The predicted octanol–water partition coefficient (Wildman–Crippen LogP) is 2.83. The summed E-state index contributed by atoms with van der Waals surface area (Å²) >= 11 is 3.25. The number of benzene rings is 1. The SMILES string of the molecule is COc1cc(Br)cc(C(=O)N2CCCC2)c1F. The Labute approximate surface area is 108 Å². The number of halogens is 2. The molecule has 0 spiro atoms. The fraction of sp³-hybridized carbons (Fsp3) is 0.417. The van der Waals surface area contributed by atoms with Crippen LogP contribution in [-0.2, 0) is 0 Å². The monoisotopic (exact) mass is 301 g/mol. The number of methoxy groups -OCH3 is 1. The van der Waals surface area contributed by atoms with Crippen molar-refractivity contribution in [3.63, 3.8) is 0 Å². The van der Waals surface area contributed by atoms with Gasteiger partial charge in [-0.2, -0.15) is 0 Å². The molecule has 0 aromatic heterocycles. The van der Waals surface area contributed by atoms with Crippen LogP contribution in [0.3, 0.4) is 0 Å². The molecular weight excluding hydrogens is 289 g/mol. The Morgan fingerprint density at radius 3 is 2.65 bits per heavy atom. The molecule has 2 rings (SSSR count). The minimum atomic E-state index is -0.590. The summed E-state index contributed by atoms with van der Waals surface area (Å²) in [4.78, 5) is 13.8. The van der Waals surface area contributed by atoms with Gasteiger partial charge in [-0.05, 0) is 25.0 Å². The molecule has 1 saturated heterocycles. The van der Waals surface area contributed by atoms with Crippen molar-refractivity contribution in [2.75, 3.05) is 20.2 Å². The van der Waals surface area contributed by atoms with E-state index in [0.29, 0.717) is 17.6 Å². The number of ether oxygens (including phenoxy) is 1. The molecule has 0 aliphatic carbocycles. The van der Waals surface area contributed by atoms with Crippen LogP contribution in [0.15, 0.2) is 16.6 Å². The summed E-state index contributed by atoms with van der Waals surface area (Å²) in [6.07, 6.45) is 1.97. The number of amides is 1. The van der Waals surface area contributed by atoms with Crippen molar-refractivity contribution in [2.45, 2.75) is 12.8 Å². The van der Waals surface area contributed by atoms with Gasteiger partial charge in [-0.3, -0.25) is 4.79 Å². The van der Waals surface area contributed by atoms with Crippen molar-refractivity contribution in [3.8, 4) is 5.75 Å². The summed E-state index contributed by atoms with van der Waals surface area (Å²) in [7, 11) is 1.38. The first-order valence-corrected chi connectivity index (χ1v) is 6.25. The van der Waals surface area contributed by atoms with Crippen molar-refractivity contribution in [1.29, 1.82) is 0 Å². The summed E-state index contributed by atoms with van der Waals surface area (Å²) in [5, 5.41) is 0. The fourth-order valence-corrected chi connectivity index (χ4v) is 2.40. The normalized spacial score (nSPS) is 15.1. The van der Waals surface area contributed by atoms with Crippen molar-refractivity contribution in [1.82, 2.24) is 4.90 Å². The van der Waals surface area contributed by atoms with Gasteiger partial charge in [0.25, 0.3) is 5.91 Å². The lowest BCUT2D eigenvalue weighted by Crippen LogP contribution is -2.28. The van der Waals surface area contributed by atoms with Gasteiger partial charge in [0.1, 0.15) is 0 Å². The zero-order valence-electron chi connectivity index (χ0n) is 9.50. The zero-order chi connectivity index (χ0) is 12.4. The van der Waals surface area contributed by atoms with E-state index in [2.05, 4.69) is 15.9 Å². The van der Waals surface area contributed by atoms with Gasteiger partial charge in [-0.25, -0.2) is 4.39 Å². The van der Waals surface area contributed by atoms with Crippen LogP contribution in [0.1, 0.15) is 23.2 Å². The first-order valence-electron chi connectivity index (χ1n) is 5.46. The molecule has 3 nitrogen and oxygen atoms in total. The zero-order valence-corrected chi connectivity index (χ0v) is 11.1. The molecule has 1 aromatic rings. The van der Waals surface area contributed by atoms with E-state index in [9.17, 15) is 9.18 Å². The molecule has 0 bridgehead atoms. The number of carbonyl (C=O) groups is 1. The molecule has 17 heavy (non-hydrogen) atoms. The Kier molecular flexibility index (Phi) is 3.66. The molecule has 0 unspecified atom stereocenters. The average Bonchev–Trinajstić information content (AvgIpc) is 2.84. The maximum Gasteiger partial charge on any atom is 0.257 e. The van der Waals surface area contributed by atoms with Gasteiger partial charge in [0.2, 0.25) is 0 Å². The summed E-state index contributed by atoms with van der Waals surface area (Å²) in [5.41, 5.74) is 0.0677. The molecule has 1 aliphatic rings. The van der Waals surface area contributed by atoms with Crippen molar-refractivity contribution >= 4 is 21.8 Å². The highest BCUT2D eigenvalue weighted by molar-refractivity contribution is 9.10. The molecule has 0 atom stereocenters. The molecular formula is C12H13BrFNO2. The Hall–Kier alpha value is -1.10. The molecule has 0 radical (unpaired) electrons. The molecule has 92 valence electrons. The lowest BCUT2D eigenvalue weighted by molar-refractivity contribution is 0.0787. The topological polar surface area (TPSA) is 29.5 Å². The third kappa shape index (κ3) is 2.44. The van der Waals surface area contributed by atoms with Crippen LogP contribution in [0.5, 0.6) is 5.75 Å². The van der Waals surface area contributed by atoms with Crippen LogP contribution < -0.4 is 4.74 Å². The molecule has 1 aliphatic heterocycles. The smallest absolute Gasteiger partial charge is 0.257 e. The van der Waals surface area contributed by atoms with E-state index in [1.807, 2.05) is 0 Å². The quantitative estimate of drug-likeness (QED) is 0.841. The minimum absolute atomic E-state index is 0.0677. The van der Waals surface area contributed by atoms with Crippen molar-refractivity contribution in [2.24, 2.45) is 0 Å². The third-order valence-electron chi connectivity index (χ3n) is 2.85. The number of hydrogen-bond acceptors (Lipinski definition) is 2. The number of hydrogen-bond donors (Lipinski definition) is 0. The van der Waals surface area contributed by atoms with Crippen LogP contribution >= 0.6 is 15.9 Å². The average molecular weight is 302 g/mol. The van der Waals surface area contributed by atoms with Gasteiger partial charge in [0.05, 0.1) is 12.7 Å². The molecule has 0 N–H and O–H groups in total. The molecule has 1 amide bonds. The van der Waals surface area contributed by atoms with E-state index in [1.165, 1.54) is 19.2 Å². The first kappa shape index (κ1) is 12.4. The van der Waals surface area contributed by atoms with Gasteiger partial charge in [0, 0.05) is 17.6 Å². The van der Waals surface area contributed by atoms with E-state index < -0.39 is 5.82 Å². The third-order valence-corrected chi connectivity index (χ3v) is 3.31. The van der Waals surface area contributed by atoms with Gasteiger partial charge in [-0.15, -0.1) is 0 Å². The summed E-state index contributed by atoms with van der Waals surface area (Å²) in [6.45, 7) is 1.40. The van der Waals surface area contributed by atoms with Crippen LogP contribution in [-0.4, -0.2) is 31.0 Å². The number of carbonyl (C=O) groups excluding carboxylic acids is 1. The summed E-state index contributed by atoms with van der Waals surface area (Å²) in [6, 6.07) is 3.01. The second-order valence-electron chi connectivity index (χ2n) is 3.97. The van der Waals surface area contributed by atoms with E-state index in [-0.39, 0.29) is 17.2 Å². The largest absolute Gasteiger partial charge is 0.494 e. The summed E-state index contributed by atoms with van der Waals surface area (Å²) in [5.74, 6) is -0.769. The minimum Gasteiger partial charge on any atom is -0.494 e. The maximum absolute atomic E-state index is 14.0. The van der Waals surface area contributed by atoms with Gasteiger partial charge in [0.15, 0.2) is 11.6 Å². The van der Waals surface area contributed by atoms with Gasteiger partial charge < -0.3 is 9.64 Å². The highest BCUT2D eigenvalue weighted by Gasteiger charge is 2.24. The Morgan fingerprint density at radius 1 is 1.41 bits per heavy atom. The van der Waals surface area contributed by atoms with Gasteiger partial charge >= 0.3 is 0 Å². The number of rotatable bonds is 2. The highest BCUT2D eigenvalue weighted by atomic mass is 79.9. The van der Waals surface area contributed by atoms with E-state index in [1.54, 1.807) is 4.90 Å². The van der Waals surface area contributed by atoms with Crippen LogP contribution in [0, 0.1) is 5.82 Å². The lowest BCUT2D eigenvalue weighted by Gasteiger charge is -2.16.